The third-order valence-corrected chi connectivity index (χ3v) is 6.26. The SMILES string of the molecule is Cc1ccccc1-c1nnc(SC2CCCc3ccccc3C2=O)n1C. The van der Waals surface area contributed by atoms with Crippen LogP contribution in [0.2, 0.25) is 0 Å². The van der Waals surface area contributed by atoms with Gasteiger partial charge in [0.1, 0.15) is 0 Å². The third-order valence-electron chi connectivity index (χ3n) is 4.96. The lowest BCUT2D eigenvalue weighted by atomic mass is 10.0. The van der Waals surface area contributed by atoms with Crippen LogP contribution in [0.1, 0.15) is 34.3 Å². The zero-order chi connectivity index (χ0) is 18.1. The van der Waals surface area contributed by atoms with Gasteiger partial charge in [0.2, 0.25) is 0 Å². The number of rotatable bonds is 3. The van der Waals surface area contributed by atoms with Gasteiger partial charge in [-0.05, 0) is 37.3 Å². The van der Waals surface area contributed by atoms with Crippen LogP contribution in [0.4, 0.5) is 0 Å². The van der Waals surface area contributed by atoms with E-state index in [9.17, 15) is 4.79 Å². The van der Waals surface area contributed by atoms with Crippen molar-refractivity contribution in [2.24, 2.45) is 7.05 Å². The minimum atomic E-state index is -0.105. The van der Waals surface area contributed by atoms with E-state index >= 15 is 0 Å². The van der Waals surface area contributed by atoms with Gasteiger partial charge in [-0.25, -0.2) is 0 Å². The van der Waals surface area contributed by atoms with Crippen LogP contribution in [0.25, 0.3) is 11.4 Å². The minimum absolute atomic E-state index is 0.105. The number of thioether (sulfide) groups is 1. The number of fused-ring (bicyclic) bond motifs is 1. The lowest BCUT2D eigenvalue weighted by Crippen LogP contribution is -2.17. The third kappa shape index (κ3) is 3.07. The largest absolute Gasteiger partial charge is 0.305 e. The fourth-order valence-electron chi connectivity index (χ4n) is 3.48. The molecule has 0 fully saturated rings. The molecule has 1 unspecified atom stereocenters. The number of Topliss-reactive ketones (excluding diaryl/α,β-unsaturated/α-hetero) is 1. The van der Waals surface area contributed by atoms with Gasteiger partial charge in [0.25, 0.3) is 0 Å². The molecule has 26 heavy (non-hydrogen) atoms. The number of aryl methyl sites for hydroxylation is 2. The van der Waals surface area contributed by atoms with Crippen LogP contribution < -0.4 is 0 Å². The Hall–Kier alpha value is -2.40. The van der Waals surface area contributed by atoms with E-state index in [4.69, 9.17) is 0 Å². The summed E-state index contributed by atoms with van der Waals surface area (Å²) in [6, 6.07) is 16.1. The zero-order valence-electron chi connectivity index (χ0n) is 15.0. The van der Waals surface area contributed by atoms with E-state index in [0.717, 1.165) is 41.4 Å². The molecule has 0 aliphatic heterocycles. The van der Waals surface area contributed by atoms with E-state index in [-0.39, 0.29) is 11.0 Å². The van der Waals surface area contributed by atoms with Crippen LogP contribution in [0, 0.1) is 6.92 Å². The normalized spacial score (nSPS) is 17.0. The average Bonchev–Trinajstić information content (AvgIpc) is 2.93. The Kier molecular flexibility index (Phi) is 4.64. The first-order valence-electron chi connectivity index (χ1n) is 8.89. The maximum absolute atomic E-state index is 13.0. The zero-order valence-corrected chi connectivity index (χ0v) is 15.8. The van der Waals surface area contributed by atoms with E-state index in [1.807, 2.05) is 41.9 Å². The average molecular weight is 363 g/mol. The van der Waals surface area contributed by atoms with Crippen molar-refractivity contribution in [3.63, 3.8) is 0 Å². The van der Waals surface area contributed by atoms with Gasteiger partial charge in [-0.15, -0.1) is 10.2 Å². The molecular formula is C21H21N3OS. The van der Waals surface area contributed by atoms with Crippen molar-refractivity contribution in [3.05, 3.63) is 65.2 Å². The molecule has 2 aromatic carbocycles. The molecule has 0 amide bonds. The van der Waals surface area contributed by atoms with Crippen molar-refractivity contribution < 1.29 is 4.79 Å². The predicted molar refractivity (Wildman–Crippen MR) is 105 cm³/mol. The number of hydrogen-bond donors (Lipinski definition) is 0. The molecule has 132 valence electrons. The molecule has 4 nitrogen and oxygen atoms in total. The minimum Gasteiger partial charge on any atom is -0.305 e. The number of nitrogens with zero attached hydrogens (tertiary/aromatic N) is 3. The van der Waals surface area contributed by atoms with E-state index in [1.165, 1.54) is 22.9 Å². The van der Waals surface area contributed by atoms with Crippen LogP contribution >= 0.6 is 11.8 Å². The maximum atomic E-state index is 13.0. The smallest absolute Gasteiger partial charge is 0.191 e. The van der Waals surface area contributed by atoms with Gasteiger partial charge >= 0.3 is 0 Å². The highest BCUT2D eigenvalue weighted by atomic mass is 32.2. The van der Waals surface area contributed by atoms with Gasteiger partial charge in [-0.2, -0.15) is 0 Å². The highest BCUT2D eigenvalue weighted by Crippen LogP contribution is 2.33. The molecule has 0 radical (unpaired) electrons. The van der Waals surface area contributed by atoms with Crippen molar-refractivity contribution in [2.75, 3.05) is 0 Å². The second kappa shape index (κ2) is 7.08. The molecule has 0 bridgehead atoms. The summed E-state index contributed by atoms with van der Waals surface area (Å²) in [6.07, 6.45) is 2.85. The van der Waals surface area contributed by atoms with Crippen LogP contribution in [-0.2, 0) is 13.5 Å². The number of ketones is 1. The standard InChI is InChI=1S/C21H21N3OS/c1-14-8-3-5-11-16(14)20-22-23-21(24(20)2)26-18-13-7-10-15-9-4-6-12-17(15)19(18)25/h3-6,8-9,11-12,18H,7,10,13H2,1-2H3. The van der Waals surface area contributed by atoms with Crippen LogP contribution in [0.5, 0.6) is 0 Å². The number of hydrogen-bond acceptors (Lipinski definition) is 4. The Morgan fingerprint density at radius 3 is 2.58 bits per heavy atom. The Bertz CT molecular complexity index is 963. The van der Waals surface area contributed by atoms with E-state index in [0.29, 0.717) is 0 Å². The van der Waals surface area contributed by atoms with E-state index in [1.54, 1.807) is 0 Å². The number of benzene rings is 2. The quantitative estimate of drug-likeness (QED) is 0.644. The van der Waals surface area contributed by atoms with Crippen LogP contribution in [0.15, 0.2) is 53.7 Å². The summed E-state index contributed by atoms with van der Waals surface area (Å²) in [4.78, 5) is 13.0. The molecular weight excluding hydrogens is 342 g/mol. The van der Waals surface area contributed by atoms with Gasteiger partial charge in [0, 0.05) is 18.2 Å². The number of aromatic nitrogens is 3. The molecule has 1 heterocycles. The van der Waals surface area contributed by atoms with Gasteiger partial charge < -0.3 is 4.57 Å². The van der Waals surface area contributed by atoms with Crippen molar-refractivity contribution >= 4 is 17.5 Å². The molecule has 0 N–H and O–H groups in total. The molecule has 5 heteroatoms. The molecule has 1 aromatic heterocycles. The highest BCUT2D eigenvalue weighted by molar-refractivity contribution is 8.00. The van der Waals surface area contributed by atoms with Crippen LogP contribution in [0.3, 0.4) is 0 Å². The summed E-state index contributed by atoms with van der Waals surface area (Å²) >= 11 is 1.54. The Labute approximate surface area is 157 Å². The molecule has 1 atom stereocenters. The predicted octanol–water partition coefficient (Wildman–Crippen LogP) is 4.47. The van der Waals surface area contributed by atoms with Gasteiger partial charge in [-0.3, -0.25) is 4.79 Å². The van der Waals surface area contributed by atoms with Crippen molar-refractivity contribution in [3.8, 4) is 11.4 Å². The summed E-state index contributed by atoms with van der Waals surface area (Å²) in [6.45, 7) is 2.07. The van der Waals surface area contributed by atoms with Crippen LogP contribution in [-0.4, -0.2) is 25.8 Å². The highest BCUT2D eigenvalue weighted by Gasteiger charge is 2.28. The maximum Gasteiger partial charge on any atom is 0.191 e. The molecule has 1 aliphatic carbocycles. The fourth-order valence-corrected chi connectivity index (χ4v) is 4.58. The second-order valence-electron chi connectivity index (χ2n) is 6.70. The Balaban J connectivity index is 1.62. The van der Waals surface area contributed by atoms with Gasteiger partial charge in [-0.1, -0.05) is 60.3 Å². The van der Waals surface area contributed by atoms with Gasteiger partial charge in [0.15, 0.2) is 16.8 Å². The first-order chi connectivity index (χ1) is 12.6. The molecule has 0 spiro atoms. The van der Waals surface area contributed by atoms with Crippen molar-refractivity contribution in [1.29, 1.82) is 0 Å². The van der Waals surface area contributed by atoms with Gasteiger partial charge in [0.05, 0.1) is 5.25 Å². The summed E-state index contributed by atoms with van der Waals surface area (Å²) < 4.78 is 2.00. The molecule has 4 rings (SSSR count). The summed E-state index contributed by atoms with van der Waals surface area (Å²) in [5, 5.41) is 9.45. The van der Waals surface area contributed by atoms with E-state index in [2.05, 4.69) is 35.3 Å². The fraction of sp³-hybridized carbons (Fsp3) is 0.286. The first kappa shape index (κ1) is 17.0. The number of carbonyl (C=O) groups is 1. The Morgan fingerprint density at radius 2 is 1.77 bits per heavy atom. The Morgan fingerprint density at radius 1 is 1.04 bits per heavy atom. The molecule has 0 saturated carbocycles. The molecule has 0 saturated heterocycles. The molecule has 1 aliphatic rings. The lowest BCUT2D eigenvalue weighted by Gasteiger charge is -2.13. The summed E-state index contributed by atoms with van der Waals surface area (Å²) in [7, 11) is 1.97. The summed E-state index contributed by atoms with van der Waals surface area (Å²) in [5.41, 5.74) is 4.27. The van der Waals surface area contributed by atoms with E-state index < -0.39 is 0 Å². The second-order valence-corrected chi connectivity index (χ2v) is 7.87. The number of carbonyl (C=O) groups excluding carboxylic acids is 1. The molecule has 3 aromatic rings. The first-order valence-corrected chi connectivity index (χ1v) is 9.77. The lowest BCUT2D eigenvalue weighted by molar-refractivity contribution is 0.0988. The monoisotopic (exact) mass is 363 g/mol. The van der Waals surface area contributed by atoms with Crippen molar-refractivity contribution in [1.82, 2.24) is 14.8 Å². The topological polar surface area (TPSA) is 47.8 Å². The summed E-state index contributed by atoms with van der Waals surface area (Å²) in [5.74, 6) is 1.05. The van der Waals surface area contributed by atoms with Crippen molar-refractivity contribution in [2.45, 2.75) is 36.6 Å².